The predicted molar refractivity (Wildman–Crippen MR) is 53.8 cm³/mol. The Morgan fingerprint density at radius 1 is 1.33 bits per heavy atom. The van der Waals surface area contributed by atoms with Crippen LogP contribution in [0.1, 0.15) is 17.3 Å². The Bertz CT molecular complexity index is 243. The summed E-state index contributed by atoms with van der Waals surface area (Å²) < 4.78 is 0. The van der Waals surface area contributed by atoms with Crippen LogP contribution in [0.15, 0.2) is 30.3 Å². The van der Waals surface area contributed by atoms with E-state index in [9.17, 15) is 4.79 Å². The first-order chi connectivity index (χ1) is 5.84. The molecule has 0 fully saturated rings. The molecule has 0 radical (unpaired) electrons. The number of benzene rings is 1. The van der Waals surface area contributed by atoms with E-state index in [2.05, 4.69) is 6.92 Å². The van der Waals surface area contributed by atoms with E-state index in [-0.39, 0.29) is 5.78 Å². The van der Waals surface area contributed by atoms with Gasteiger partial charge in [0.25, 0.3) is 0 Å². The number of rotatable bonds is 4. The predicted octanol–water partition coefficient (Wildman–Crippen LogP) is 2.62. The van der Waals surface area contributed by atoms with E-state index < -0.39 is 0 Å². The average molecular weight is 180 g/mol. The van der Waals surface area contributed by atoms with Crippen LogP contribution < -0.4 is 0 Å². The number of carbonyl (C=O) groups excluding carboxylic acids is 1. The van der Waals surface area contributed by atoms with Crippen molar-refractivity contribution in [3.63, 3.8) is 0 Å². The smallest absolute Gasteiger partial charge is 0.172 e. The highest BCUT2D eigenvalue weighted by Gasteiger charge is 2.02. The van der Waals surface area contributed by atoms with Gasteiger partial charge in [-0.2, -0.15) is 11.8 Å². The fraction of sp³-hybridized carbons (Fsp3) is 0.300. The molecule has 1 aromatic carbocycles. The van der Waals surface area contributed by atoms with Gasteiger partial charge in [0, 0.05) is 5.56 Å². The molecule has 0 saturated carbocycles. The molecule has 0 spiro atoms. The molecule has 0 bridgehead atoms. The summed E-state index contributed by atoms with van der Waals surface area (Å²) in [6.07, 6.45) is 0. The molecule has 0 aliphatic rings. The summed E-state index contributed by atoms with van der Waals surface area (Å²) in [5, 5.41) is 0. The van der Waals surface area contributed by atoms with E-state index in [4.69, 9.17) is 0 Å². The van der Waals surface area contributed by atoms with E-state index in [1.54, 1.807) is 11.8 Å². The maximum Gasteiger partial charge on any atom is 0.172 e. The first-order valence-corrected chi connectivity index (χ1v) is 5.16. The summed E-state index contributed by atoms with van der Waals surface area (Å²) in [6.45, 7) is 2.06. The Labute approximate surface area is 77.2 Å². The molecule has 0 N–H and O–H groups in total. The average Bonchev–Trinajstić information content (AvgIpc) is 2.15. The molecule has 2 heteroatoms. The van der Waals surface area contributed by atoms with Crippen molar-refractivity contribution < 1.29 is 4.79 Å². The lowest BCUT2D eigenvalue weighted by Gasteiger charge is -1.97. The third kappa shape index (κ3) is 2.70. The first-order valence-electron chi connectivity index (χ1n) is 4.00. The van der Waals surface area contributed by atoms with E-state index in [1.807, 2.05) is 30.3 Å². The second kappa shape index (κ2) is 4.99. The zero-order valence-electron chi connectivity index (χ0n) is 7.12. The molecule has 0 aliphatic carbocycles. The zero-order valence-corrected chi connectivity index (χ0v) is 7.93. The Hall–Kier alpha value is -0.760. The lowest BCUT2D eigenvalue weighted by atomic mass is 10.2. The first kappa shape index (κ1) is 9.33. The number of carbonyl (C=O) groups is 1. The van der Waals surface area contributed by atoms with E-state index in [0.717, 1.165) is 11.3 Å². The quantitative estimate of drug-likeness (QED) is 0.662. The van der Waals surface area contributed by atoms with E-state index in [0.29, 0.717) is 5.75 Å². The van der Waals surface area contributed by atoms with Gasteiger partial charge in [-0.25, -0.2) is 0 Å². The summed E-state index contributed by atoms with van der Waals surface area (Å²) in [5.41, 5.74) is 0.818. The third-order valence-electron chi connectivity index (χ3n) is 1.53. The monoisotopic (exact) mass is 180 g/mol. The highest BCUT2D eigenvalue weighted by Crippen LogP contribution is 2.06. The molecule has 0 aliphatic heterocycles. The minimum absolute atomic E-state index is 0.224. The largest absolute Gasteiger partial charge is 0.293 e. The topological polar surface area (TPSA) is 17.1 Å². The molecule has 1 rings (SSSR count). The zero-order chi connectivity index (χ0) is 8.81. The number of hydrogen-bond acceptors (Lipinski definition) is 2. The van der Waals surface area contributed by atoms with Crippen LogP contribution in [0.3, 0.4) is 0 Å². The Morgan fingerprint density at radius 3 is 2.58 bits per heavy atom. The number of hydrogen-bond donors (Lipinski definition) is 0. The van der Waals surface area contributed by atoms with E-state index >= 15 is 0 Å². The van der Waals surface area contributed by atoms with Gasteiger partial charge < -0.3 is 0 Å². The van der Waals surface area contributed by atoms with Gasteiger partial charge in [0.15, 0.2) is 5.78 Å². The van der Waals surface area contributed by atoms with Crippen molar-refractivity contribution >= 4 is 17.5 Å². The van der Waals surface area contributed by atoms with Crippen molar-refractivity contribution in [3.05, 3.63) is 35.9 Å². The Balaban J connectivity index is 2.54. The fourth-order valence-electron chi connectivity index (χ4n) is 0.902. The van der Waals surface area contributed by atoms with Crippen molar-refractivity contribution in [2.24, 2.45) is 0 Å². The van der Waals surface area contributed by atoms with Gasteiger partial charge in [-0.3, -0.25) is 4.79 Å². The van der Waals surface area contributed by atoms with Crippen LogP contribution in [0.25, 0.3) is 0 Å². The number of Topliss-reactive ketones (excluding diaryl/α,β-unsaturated/α-hetero) is 1. The summed E-state index contributed by atoms with van der Waals surface area (Å²) in [7, 11) is 0. The molecule has 0 amide bonds. The fourth-order valence-corrected chi connectivity index (χ4v) is 1.46. The standard InChI is InChI=1S/C10H12OS/c1-2-12-8-10(11)9-6-4-3-5-7-9/h3-7H,2,8H2,1H3. The van der Waals surface area contributed by atoms with Crippen molar-refractivity contribution in [1.29, 1.82) is 0 Å². The highest BCUT2D eigenvalue weighted by atomic mass is 32.2. The second-order valence-corrected chi connectivity index (χ2v) is 3.70. The lowest BCUT2D eigenvalue weighted by Crippen LogP contribution is -2.01. The van der Waals surface area contributed by atoms with Crippen LogP contribution in [-0.4, -0.2) is 17.3 Å². The SMILES string of the molecule is CCSCC(=O)c1ccccc1. The van der Waals surface area contributed by atoms with Crippen molar-refractivity contribution in [2.75, 3.05) is 11.5 Å². The van der Waals surface area contributed by atoms with Crippen molar-refractivity contribution in [1.82, 2.24) is 0 Å². The number of thioether (sulfide) groups is 1. The Kier molecular flexibility index (Phi) is 3.88. The number of ketones is 1. The molecule has 1 aromatic rings. The van der Waals surface area contributed by atoms with Crippen molar-refractivity contribution in [3.8, 4) is 0 Å². The third-order valence-corrected chi connectivity index (χ3v) is 2.41. The van der Waals surface area contributed by atoms with Crippen LogP contribution >= 0.6 is 11.8 Å². The molecule has 64 valence electrons. The maximum atomic E-state index is 11.4. The highest BCUT2D eigenvalue weighted by molar-refractivity contribution is 7.99. The molecule has 0 atom stereocenters. The summed E-state index contributed by atoms with van der Waals surface area (Å²) in [6, 6.07) is 9.43. The van der Waals surface area contributed by atoms with Crippen LogP contribution in [-0.2, 0) is 0 Å². The van der Waals surface area contributed by atoms with E-state index in [1.165, 1.54) is 0 Å². The van der Waals surface area contributed by atoms with Crippen LogP contribution in [0.5, 0.6) is 0 Å². The minimum atomic E-state index is 0.224. The second-order valence-electron chi connectivity index (χ2n) is 2.43. The minimum Gasteiger partial charge on any atom is -0.293 e. The van der Waals surface area contributed by atoms with Gasteiger partial charge in [-0.1, -0.05) is 37.3 Å². The molecule has 0 saturated heterocycles. The van der Waals surface area contributed by atoms with Gasteiger partial charge in [-0.15, -0.1) is 0 Å². The molecular formula is C10H12OS. The molecule has 1 nitrogen and oxygen atoms in total. The van der Waals surface area contributed by atoms with Crippen LogP contribution in [0.4, 0.5) is 0 Å². The van der Waals surface area contributed by atoms with Gasteiger partial charge in [0.05, 0.1) is 5.75 Å². The van der Waals surface area contributed by atoms with Gasteiger partial charge in [0.1, 0.15) is 0 Å². The maximum absolute atomic E-state index is 11.4. The normalized spacial score (nSPS) is 9.75. The summed E-state index contributed by atoms with van der Waals surface area (Å²) in [4.78, 5) is 11.4. The molecule has 0 aromatic heterocycles. The molecule has 0 unspecified atom stereocenters. The van der Waals surface area contributed by atoms with Crippen LogP contribution in [0, 0.1) is 0 Å². The summed E-state index contributed by atoms with van der Waals surface area (Å²) >= 11 is 1.66. The van der Waals surface area contributed by atoms with Crippen LogP contribution in [0.2, 0.25) is 0 Å². The van der Waals surface area contributed by atoms with Gasteiger partial charge in [-0.05, 0) is 5.75 Å². The van der Waals surface area contributed by atoms with Crippen molar-refractivity contribution in [2.45, 2.75) is 6.92 Å². The van der Waals surface area contributed by atoms with Gasteiger partial charge >= 0.3 is 0 Å². The lowest BCUT2D eigenvalue weighted by molar-refractivity contribution is 0.102. The molecule has 12 heavy (non-hydrogen) atoms. The Morgan fingerprint density at radius 2 is 2.00 bits per heavy atom. The van der Waals surface area contributed by atoms with Gasteiger partial charge in [0.2, 0.25) is 0 Å². The molecular weight excluding hydrogens is 168 g/mol. The summed E-state index contributed by atoms with van der Waals surface area (Å²) in [5.74, 6) is 1.82. The molecule has 0 heterocycles.